The van der Waals surface area contributed by atoms with Crippen LogP contribution in [0.15, 0.2) is 43.0 Å². The van der Waals surface area contributed by atoms with Gasteiger partial charge in [0.05, 0.1) is 6.33 Å². The number of aromatic nitrogens is 2. The molecule has 1 heterocycles. The number of anilines is 1. The highest BCUT2D eigenvalue weighted by Crippen LogP contribution is 2.13. The number of hydrogen-bond acceptors (Lipinski definition) is 2. The van der Waals surface area contributed by atoms with Crippen molar-refractivity contribution in [1.29, 1.82) is 0 Å². The molecule has 2 N–H and O–H groups in total. The average molecular weight is 267 g/mol. The molecule has 0 saturated heterocycles. The molecule has 0 atom stereocenters. The Morgan fingerprint density at radius 1 is 1.33 bits per heavy atom. The normalized spacial score (nSPS) is 9.06. The second-order valence-electron chi connectivity index (χ2n) is 3.59. The maximum absolute atomic E-state index is 11.2. The number of nitrogens with one attached hydrogen (secondary N) is 2. The lowest BCUT2D eigenvalue weighted by Gasteiger charge is -2.11. The summed E-state index contributed by atoms with van der Waals surface area (Å²) in [5.41, 5.74) is 0.739. The summed E-state index contributed by atoms with van der Waals surface area (Å²) in [4.78, 5) is 19.1. The molecule has 0 aliphatic carbocycles. The van der Waals surface area contributed by atoms with Gasteiger partial charge in [0.1, 0.15) is 0 Å². The zero-order valence-corrected chi connectivity index (χ0v) is 11.0. The third-order valence-corrected chi connectivity index (χ3v) is 2.16. The van der Waals surface area contributed by atoms with Gasteiger partial charge >= 0.3 is 6.03 Å². The number of H-pyrrole nitrogens is 1. The van der Waals surface area contributed by atoms with Crippen LogP contribution in [0.2, 0.25) is 5.02 Å². The van der Waals surface area contributed by atoms with Gasteiger partial charge in [0.2, 0.25) is 0 Å². The first-order valence-corrected chi connectivity index (χ1v) is 5.64. The monoisotopic (exact) mass is 266 g/mol. The second-order valence-corrected chi connectivity index (χ2v) is 4.03. The van der Waals surface area contributed by atoms with E-state index >= 15 is 0 Å². The van der Waals surface area contributed by atoms with Gasteiger partial charge < -0.3 is 15.2 Å². The van der Waals surface area contributed by atoms with Crippen LogP contribution in [-0.2, 0) is 0 Å². The number of carbonyl (C=O) groups is 1. The zero-order chi connectivity index (χ0) is 13.4. The first kappa shape index (κ1) is 14.1. The van der Waals surface area contributed by atoms with E-state index in [-0.39, 0.29) is 6.03 Å². The van der Waals surface area contributed by atoms with Gasteiger partial charge in [0.15, 0.2) is 0 Å². The lowest BCUT2D eigenvalue weighted by molar-refractivity contribution is 0.230. The summed E-state index contributed by atoms with van der Waals surface area (Å²) >= 11 is 5.69. The van der Waals surface area contributed by atoms with Gasteiger partial charge in [-0.05, 0) is 24.3 Å². The van der Waals surface area contributed by atoms with E-state index in [1.807, 2.05) is 0 Å². The fourth-order valence-corrected chi connectivity index (χ4v) is 1.11. The molecular formula is C12H15ClN4O. The number of nitrogens with zero attached hydrogens (tertiary/aromatic N) is 2. The molecule has 6 heteroatoms. The minimum atomic E-state index is -0.151. The van der Waals surface area contributed by atoms with Crippen LogP contribution in [0, 0.1) is 0 Å². The van der Waals surface area contributed by atoms with Crippen LogP contribution in [0.5, 0.6) is 0 Å². The molecule has 5 nitrogen and oxygen atoms in total. The predicted molar refractivity (Wildman–Crippen MR) is 72.7 cm³/mol. The van der Waals surface area contributed by atoms with E-state index in [9.17, 15) is 4.79 Å². The summed E-state index contributed by atoms with van der Waals surface area (Å²) in [6, 6.07) is 6.81. The van der Waals surface area contributed by atoms with Crippen LogP contribution in [0.25, 0.3) is 0 Å². The molecule has 0 aliphatic rings. The first-order chi connectivity index (χ1) is 8.59. The molecule has 96 valence electrons. The van der Waals surface area contributed by atoms with E-state index < -0.39 is 0 Å². The van der Waals surface area contributed by atoms with E-state index in [2.05, 4.69) is 15.3 Å². The molecule has 18 heavy (non-hydrogen) atoms. The Morgan fingerprint density at radius 2 is 2.00 bits per heavy atom. The van der Waals surface area contributed by atoms with Crippen LogP contribution in [-0.4, -0.2) is 35.0 Å². The van der Waals surface area contributed by atoms with Crippen LogP contribution < -0.4 is 5.32 Å². The van der Waals surface area contributed by atoms with Crippen LogP contribution in [0.4, 0.5) is 10.5 Å². The number of benzene rings is 1. The third-order valence-electron chi connectivity index (χ3n) is 1.91. The van der Waals surface area contributed by atoms with Gasteiger partial charge in [-0.1, -0.05) is 11.6 Å². The standard InChI is InChI=1S/C9H11ClN2O.C3H4N2/c1-12(2)9(13)11-8-5-3-7(10)4-6-8;1-2-5-3-4-1/h3-6H,1-2H3,(H,11,13);1-3H,(H,4,5). The molecule has 1 aromatic carbocycles. The molecule has 0 unspecified atom stereocenters. The maximum Gasteiger partial charge on any atom is 0.321 e. The summed E-state index contributed by atoms with van der Waals surface area (Å²) in [7, 11) is 3.37. The fourth-order valence-electron chi connectivity index (χ4n) is 0.984. The van der Waals surface area contributed by atoms with E-state index in [1.165, 1.54) is 4.90 Å². The van der Waals surface area contributed by atoms with Crippen molar-refractivity contribution >= 4 is 23.3 Å². The van der Waals surface area contributed by atoms with Gasteiger partial charge in [-0.15, -0.1) is 0 Å². The highest BCUT2D eigenvalue weighted by atomic mass is 35.5. The largest absolute Gasteiger partial charge is 0.351 e. The molecule has 2 aromatic rings. The van der Waals surface area contributed by atoms with Crippen molar-refractivity contribution in [2.45, 2.75) is 0 Å². The number of carbonyl (C=O) groups excluding carboxylic acids is 1. The third kappa shape index (κ3) is 5.36. The summed E-state index contributed by atoms with van der Waals surface area (Å²) in [5.74, 6) is 0. The van der Waals surface area contributed by atoms with Gasteiger partial charge in [0.25, 0.3) is 0 Å². The molecule has 0 bridgehead atoms. The molecule has 0 aliphatic heterocycles. The van der Waals surface area contributed by atoms with Crippen molar-refractivity contribution in [3.8, 4) is 0 Å². The lowest BCUT2D eigenvalue weighted by atomic mass is 10.3. The second kappa shape index (κ2) is 7.34. The number of amides is 2. The Balaban J connectivity index is 0.000000269. The van der Waals surface area contributed by atoms with Crippen molar-refractivity contribution in [2.75, 3.05) is 19.4 Å². The number of imidazole rings is 1. The van der Waals surface area contributed by atoms with Crippen molar-refractivity contribution in [3.05, 3.63) is 48.0 Å². The number of aromatic amines is 1. The maximum atomic E-state index is 11.2. The average Bonchev–Trinajstić information content (AvgIpc) is 2.90. The van der Waals surface area contributed by atoms with Crippen LogP contribution >= 0.6 is 11.6 Å². The van der Waals surface area contributed by atoms with Gasteiger partial charge in [-0.25, -0.2) is 9.78 Å². The smallest absolute Gasteiger partial charge is 0.321 e. The van der Waals surface area contributed by atoms with Gasteiger partial charge in [-0.2, -0.15) is 0 Å². The number of urea groups is 1. The minimum Gasteiger partial charge on any atom is -0.351 e. The molecule has 2 rings (SSSR count). The Labute approximate surface area is 111 Å². The number of halogens is 1. The topological polar surface area (TPSA) is 61.0 Å². The SMILES string of the molecule is CN(C)C(=O)Nc1ccc(Cl)cc1.c1c[nH]cn1. The Bertz CT molecular complexity index is 436. The van der Waals surface area contributed by atoms with Crippen molar-refractivity contribution in [1.82, 2.24) is 14.9 Å². The highest BCUT2D eigenvalue weighted by Gasteiger charge is 2.02. The molecule has 2 amide bonds. The van der Waals surface area contributed by atoms with E-state index in [1.54, 1.807) is 57.1 Å². The summed E-state index contributed by atoms with van der Waals surface area (Å²) in [6.45, 7) is 0. The highest BCUT2D eigenvalue weighted by molar-refractivity contribution is 6.30. The molecule has 1 aromatic heterocycles. The molecule has 0 saturated carbocycles. The van der Waals surface area contributed by atoms with Crippen LogP contribution in [0.1, 0.15) is 0 Å². The quantitative estimate of drug-likeness (QED) is 0.834. The number of hydrogen-bond donors (Lipinski definition) is 2. The summed E-state index contributed by atoms with van der Waals surface area (Å²) in [6.07, 6.45) is 5.08. The summed E-state index contributed by atoms with van der Waals surface area (Å²) < 4.78 is 0. The van der Waals surface area contributed by atoms with Crippen molar-refractivity contribution in [2.24, 2.45) is 0 Å². The Morgan fingerprint density at radius 3 is 2.39 bits per heavy atom. The van der Waals surface area contributed by atoms with E-state index in [4.69, 9.17) is 11.6 Å². The predicted octanol–water partition coefficient (Wildman–Crippen LogP) is 2.84. The van der Waals surface area contributed by atoms with E-state index in [0.29, 0.717) is 5.02 Å². The lowest BCUT2D eigenvalue weighted by Crippen LogP contribution is -2.27. The molecule has 0 spiro atoms. The van der Waals surface area contributed by atoms with Crippen LogP contribution in [0.3, 0.4) is 0 Å². The van der Waals surface area contributed by atoms with Crippen molar-refractivity contribution < 1.29 is 4.79 Å². The number of rotatable bonds is 1. The Hall–Kier alpha value is -2.01. The summed E-state index contributed by atoms with van der Waals surface area (Å²) in [5, 5.41) is 3.35. The Kier molecular flexibility index (Phi) is 5.73. The molecule has 0 radical (unpaired) electrons. The first-order valence-electron chi connectivity index (χ1n) is 5.26. The molecular weight excluding hydrogens is 252 g/mol. The molecule has 0 fully saturated rings. The minimum absolute atomic E-state index is 0.151. The van der Waals surface area contributed by atoms with Gasteiger partial charge in [0, 0.05) is 37.2 Å². The zero-order valence-electron chi connectivity index (χ0n) is 10.2. The van der Waals surface area contributed by atoms with Gasteiger partial charge in [-0.3, -0.25) is 0 Å². The van der Waals surface area contributed by atoms with E-state index in [0.717, 1.165) is 5.69 Å². The fraction of sp³-hybridized carbons (Fsp3) is 0.167. The van der Waals surface area contributed by atoms with Crippen molar-refractivity contribution in [3.63, 3.8) is 0 Å².